The molecule has 9 atom stereocenters. The van der Waals surface area contributed by atoms with Crippen molar-refractivity contribution < 1.29 is 38.2 Å². The summed E-state index contributed by atoms with van der Waals surface area (Å²) in [6.07, 6.45) is 1.97. The van der Waals surface area contributed by atoms with Crippen LogP contribution in [0, 0.1) is 23.7 Å². The van der Waals surface area contributed by atoms with Crippen molar-refractivity contribution in [1.82, 2.24) is 25.3 Å². The van der Waals surface area contributed by atoms with E-state index >= 15 is 0 Å². The Kier molecular flexibility index (Phi) is 21.4. The van der Waals surface area contributed by atoms with Gasteiger partial charge in [0, 0.05) is 34.2 Å². The van der Waals surface area contributed by atoms with Gasteiger partial charge in [0.15, 0.2) is 14.1 Å². The Labute approximate surface area is 356 Å². The van der Waals surface area contributed by atoms with E-state index < -0.39 is 56.7 Å². The van der Waals surface area contributed by atoms with Gasteiger partial charge in [-0.1, -0.05) is 85.2 Å². The fourth-order valence-corrected chi connectivity index (χ4v) is 9.72. The van der Waals surface area contributed by atoms with Crippen molar-refractivity contribution in [3.8, 4) is 0 Å². The van der Waals surface area contributed by atoms with E-state index in [4.69, 9.17) is 9.47 Å². The monoisotopic (exact) mass is 846 g/mol. The summed E-state index contributed by atoms with van der Waals surface area (Å²) in [5.41, 5.74) is 0.927. The number of carbonyl (C=O) groups excluding carboxylic acids is 5. The number of Topliss-reactive ketones (excluding diaryl/α,β-unsaturated/α-hetero) is 1. The first-order chi connectivity index (χ1) is 27.6. The molecule has 2 rings (SSSR count). The Morgan fingerprint density at radius 3 is 2.05 bits per heavy atom. The number of ether oxygens (including phenoxy) is 2. The van der Waals surface area contributed by atoms with Crippen LogP contribution in [-0.2, 0) is 39.9 Å². The molecule has 13 nitrogen and oxygen atoms in total. The number of rotatable bonds is 25. The predicted molar refractivity (Wildman–Crippen MR) is 236 cm³/mol. The maximum Gasteiger partial charge on any atom is 0.245 e. The molecule has 0 unspecified atom stereocenters. The van der Waals surface area contributed by atoms with Crippen LogP contribution in [0.5, 0.6) is 0 Å². The molecule has 0 aromatic heterocycles. The fourth-order valence-electron chi connectivity index (χ4n) is 8.68. The minimum absolute atomic E-state index is 0.00650. The van der Waals surface area contributed by atoms with Crippen molar-refractivity contribution in [2.45, 2.75) is 155 Å². The number of benzene rings is 1. The Morgan fingerprint density at radius 1 is 0.915 bits per heavy atom. The highest BCUT2D eigenvalue weighted by Gasteiger charge is 2.43. The summed E-state index contributed by atoms with van der Waals surface area (Å²) in [4.78, 5) is 85.3. The topological polar surface area (TPSA) is 158 Å². The van der Waals surface area contributed by atoms with Gasteiger partial charge >= 0.3 is 0 Å². The zero-order chi connectivity index (χ0) is 44.8. The van der Waals surface area contributed by atoms with E-state index in [9.17, 15) is 28.8 Å². The average molecular weight is 846 g/mol. The van der Waals surface area contributed by atoms with E-state index in [0.717, 1.165) is 18.4 Å². The molecule has 0 radical (unpaired) electrons. The van der Waals surface area contributed by atoms with Gasteiger partial charge in [-0.05, 0) is 82.2 Å². The Morgan fingerprint density at radius 2 is 1.54 bits per heavy atom. The number of amides is 4. The van der Waals surface area contributed by atoms with Crippen LogP contribution in [0.15, 0.2) is 30.3 Å². The SMILES string of the molecule is CC[C@H](C)[C@@H]([C@@H](CC(=O)N1CCC[C@H]1[C@H](OC)[C@@H](C)C(=O)N[C@@H](Cc1ccccc1)C(=O)CCC[Si](C)(C)O)OC)N(C)C(=O)[C@@H](NC(=O)[C@H](C(C)C)N(C)C)C(C)C. The van der Waals surface area contributed by atoms with Crippen molar-refractivity contribution >= 4 is 37.7 Å². The maximum absolute atomic E-state index is 14.3. The van der Waals surface area contributed by atoms with Crippen LogP contribution in [0.25, 0.3) is 0 Å². The lowest BCUT2D eigenvalue weighted by atomic mass is 9.89. The molecule has 0 bridgehead atoms. The van der Waals surface area contributed by atoms with Gasteiger partial charge in [-0.2, -0.15) is 0 Å². The maximum atomic E-state index is 14.3. The molecule has 1 aromatic rings. The van der Waals surface area contributed by atoms with E-state index in [0.29, 0.717) is 31.9 Å². The van der Waals surface area contributed by atoms with Crippen LogP contribution in [0.1, 0.15) is 92.6 Å². The van der Waals surface area contributed by atoms with Gasteiger partial charge in [0.2, 0.25) is 23.6 Å². The number of hydrogen-bond donors (Lipinski definition) is 3. The summed E-state index contributed by atoms with van der Waals surface area (Å²) in [5.74, 6) is -1.89. The summed E-state index contributed by atoms with van der Waals surface area (Å²) in [6.45, 7) is 17.8. The van der Waals surface area contributed by atoms with Gasteiger partial charge in [-0.3, -0.25) is 28.9 Å². The smallest absolute Gasteiger partial charge is 0.245 e. The van der Waals surface area contributed by atoms with Crippen molar-refractivity contribution in [3.63, 3.8) is 0 Å². The second-order valence-corrected chi connectivity index (χ2v) is 22.5. The van der Waals surface area contributed by atoms with E-state index in [1.54, 1.807) is 38.0 Å². The molecule has 0 saturated carbocycles. The number of carbonyl (C=O) groups is 5. The second kappa shape index (κ2) is 24.3. The average Bonchev–Trinajstić information content (AvgIpc) is 3.65. The molecule has 1 saturated heterocycles. The predicted octanol–water partition coefficient (Wildman–Crippen LogP) is 4.91. The van der Waals surface area contributed by atoms with E-state index in [-0.39, 0.29) is 60.0 Å². The Balaban J connectivity index is 2.30. The van der Waals surface area contributed by atoms with Gasteiger partial charge in [-0.15, -0.1) is 0 Å². The minimum atomic E-state index is -2.32. The van der Waals surface area contributed by atoms with Crippen LogP contribution in [0.3, 0.4) is 0 Å². The molecule has 3 N–H and O–H groups in total. The minimum Gasteiger partial charge on any atom is -0.432 e. The van der Waals surface area contributed by atoms with Crippen LogP contribution < -0.4 is 10.6 Å². The third-order valence-electron chi connectivity index (χ3n) is 12.1. The van der Waals surface area contributed by atoms with Crippen LogP contribution in [0.4, 0.5) is 0 Å². The summed E-state index contributed by atoms with van der Waals surface area (Å²) in [7, 11) is 6.22. The van der Waals surface area contributed by atoms with Crippen LogP contribution in [0.2, 0.25) is 19.1 Å². The third-order valence-corrected chi connectivity index (χ3v) is 13.7. The first-order valence-electron chi connectivity index (χ1n) is 21.8. The summed E-state index contributed by atoms with van der Waals surface area (Å²) >= 11 is 0. The number of hydrogen-bond acceptors (Lipinski definition) is 9. The van der Waals surface area contributed by atoms with Gasteiger partial charge < -0.3 is 34.7 Å². The van der Waals surface area contributed by atoms with Gasteiger partial charge in [-0.25, -0.2) is 0 Å². The Hall–Kier alpha value is -3.17. The molecule has 1 heterocycles. The zero-order valence-electron chi connectivity index (χ0n) is 38.7. The summed E-state index contributed by atoms with van der Waals surface area (Å²) in [5, 5.41) is 6.07. The van der Waals surface area contributed by atoms with Gasteiger partial charge in [0.25, 0.3) is 0 Å². The van der Waals surface area contributed by atoms with Crippen molar-refractivity contribution in [2.75, 3.05) is 41.9 Å². The van der Waals surface area contributed by atoms with Crippen molar-refractivity contribution in [2.24, 2.45) is 23.7 Å². The molecule has 336 valence electrons. The largest absolute Gasteiger partial charge is 0.432 e. The molecule has 4 amide bonds. The highest BCUT2D eigenvalue weighted by Crippen LogP contribution is 2.30. The number of nitrogens with zero attached hydrogens (tertiary/aromatic N) is 3. The van der Waals surface area contributed by atoms with Crippen LogP contribution in [-0.4, -0.2) is 142 Å². The molecule has 1 aliphatic heterocycles. The van der Waals surface area contributed by atoms with Crippen molar-refractivity contribution in [3.05, 3.63) is 35.9 Å². The lowest BCUT2D eigenvalue weighted by molar-refractivity contribution is -0.148. The molecule has 1 aliphatic rings. The number of methoxy groups -OCH3 is 2. The lowest BCUT2D eigenvalue weighted by Crippen LogP contribution is -2.59. The molecule has 59 heavy (non-hydrogen) atoms. The number of likely N-dealkylation sites (tertiary alicyclic amines) is 1. The van der Waals surface area contributed by atoms with Gasteiger partial charge in [0.1, 0.15) is 6.04 Å². The molecule has 0 spiro atoms. The normalized spacial score (nSPS) is 18.8. The van der Waals surface area contributed by atoms with Crippen molar-refractivity contribution in [1.29, 1.82) is 0 Å². The lowest BCUT2D eigenvalue weighted by Gasteiger charge is -2.41. The fraction of sp³-hybridized carbons (Fsp3) is 0.756. The van der Waals surface area contributed by atoms with Gasteiger partial charge in [0.05, 0.1) is 48.7 Å². The van der Waals surface area contributed by atoms with E-state index in [2.05, 4.69) is 10.6 Å². The highest BCUT2D eigenvalue weighted by atomic mass is 28.4. The number of likely N-dealkylation sites (N-methyl/N-ethyl adjacent to an activating group) is 2. The number of nitrogens with one attached hydrogen (secondary N) is 2. The quantitative estimate of drug-likeness (QED) is 0.117. The first kappa shape index (κ1) is 52.0. The molecule has 0 aliphatic carbocycles. The number of ketones is 1. The Bertz CT molecular complexity index is 1480. The molecule has 14 heteroatoms. The third kappa shape index (κ3) is 15.4. The summed E-state index contributed by atoms with van der Waals surface area (Å²) in [6, 6.07) is 7.38. The molecule has 1 fully saturated rings. The molecule has 1 aromatic carbocycles. The van der Waals surface area contributed by atoms with Crippen LogP contribution >= 0.6 is 0 Å². The van der Waals surface area contributed by atoms with E-state index in [1.165, 1.54) is 0 Å². The second-order valence-electron chi connectivity index (χ2n) is 18.4. The standard InChI is InChI=1S/C45H79N5O8Si/c1-15-31(6)41(49(10)45(55)39(29(2)3)47-44(54)40(30(4)5)48(8)9)37(57-11)28-38(52)50-25-19-23-35(50)42(58-12)32(7)43(53)46-34(27-33-21-17-16-18-22-33)36(51)24-20-26-59(13,14)56/h16-18,21-22,29-32,34-35,37,39-42,56H,15,19-20,23-28H2,1-14H3,(H,46,53)(H,47,54)/t31-,32+,34-,35-,37+,39-,40-,41-,42+/m0/s1. The zero-order valence-corrected chi connectivity index (χ0v) is 39.7. The molecular formula is C45H79N5O8Si. The summed E-state index contributed by atoms with van der Waals surface area (Å²) < 4.78 is 12.1. The highest BCUT2D eigenvalue weighted by molar-refractivity contribution is 6.69. The molecular weight excluding hydrogens is 767 g/mol. The van der Waals surface area contributed by atoms with E-state index in [1.807, 2.05) is 104 Å². The first-order valence-corrected chi connectivity index (χ1v) is 24.9.